The second-order valence-corrected chi connectivity index (χ2v) is 8.41. The van der Waals surface area contributed by atoms with Gasteiger partial charge in [-0.25, -0.2) is 4.39 Å². The molecule has 2 aromatic rings. The Labute approximate surface area is 203 Å². The molecule has 2 aromatic carbocycles. The number of amides is 1. The van der Waals surface area contributed by atoms with Crippen LogP contribution in [0, 0.1) is 5.82 Å². The number of aliphatic hydroxyl groups is 1. The van der Waals surface area contributed by atoms with Crippen molar-refractivity contribution in [2.24, 2.45) is 0 Å². The van der Waals surface area contributed by atoms with Gasteiger partial charge in [-0.05, 0) is 48.9 Å². The fourth-order valence-corrected chi connectivity index (χ4v) is 4.54. The second kappa shape index (κ2) is 10.9. The molecule has 1 N–H and O–H groups in total. The summed E-state index contributed by atoms with van der Waals surface area (Å²) in [6, 6.07) is 9.33. The van der Waals surface area contributed by atoms with E-state index in [4.69, 9.17) is 14.2 Å². The number of halogens is 1. The van der Waals surface area contributed by atoms with Gasteiger partial charge in [-0.15, -0.1) is 0 Å². The molecule has 9 heteroatoms. The summed E-state index contributed by atoms with van der Waals surface area (Å²) in [5.74, 6) is -1.38. The number of aliphatic hydroxyl groups excluding tert-OH is 1. The number of rotatable bonds is 8. The van der Waals surface area contributed by atoms with E-state index in [2.05, 4.69) is 4.90 Å². The van der Waals surface area contributed by atoms with Crippen LogP contribution < -0.4 is 9.47 Å². The highest BCUT2D eigenvalue weighted by Crippen LogP contribution is 2.43. The molecule has 0 saturated carbocycles. The highest BCUT2D eigenvalue weighted by Gasteiger charge is 2.47. The molecule has 0 aliphatic carbocycles. The van der Waals surface area contributed by atoms with Crippen LogP contribution in [0.5, 0.6) is 11.5 Å². The maximum Gasteiger partial charge on any atom is 0.295 e. The molecule has 2 heterocycles. The van der Waals surface area contributed by atoms with Crippen LogP contribution in [0.2, 0.25) is 0 Å². The molecule has 2 aliphatic rings. The van der Waals surface area contributed by atoms with E-state index in [0.29, 0.717) is 43.2 Å². The third-order valence-electron chi connectivity index (χ3n) is 6.37. The van der Waals surface area contributed by atoms with Crippen LogP contribution in [0.3, 0.4) is 0 Å². The monoisotopic (exact) mass is 484 g/mol. The zero-order chi connectivity index (χ0) is 24.9. The molecule has 0 spiro atoms. The lowest BCUT2D eigenvalue weighted by Crippen LogP contribution is -2.39. The minimum atomic E-state index is -0.894. The number of hydrogen-bond acceptors (Lipinski definition) is 7. The Bertz CT molecular complexity index is 1110. The normalized spacial score (nSPS) is 20.3. The third-order valence-corrected chi connectivity index (χ3v) is 6.37. The first-order valence-electron chi connectivity index (χ1n) is 11.5. The van der Waals surface area contributed by atoms with Crippen molar-refractivity contribution in [1.29, 1.82) is 0 Å². The Morgan fingerprint density at radius 1 is 1.06 bits per heavy atom. The number of benzene rings is 2. The molecule has 35 heavy (non-hydrogen) atoms. The topological polar surface area (TPSA) is 88.5 Å². The zero-order valence-corrected chi connectivity index (χ0v) is 19.8. The van der Waals surface area contributed by atoms with Crippen molar-refractivity contribution in [3.63, 3.8) is 0 Å². The van der Waals surface area contributed by atoms with E-state index in [9.17, 15) is 19.1 Å². The predicted molar refractivity (Wildman–Crippen MR) is 127 cm³/mol. The second-order valence-electron chi connectivity index (χ2n) is 8.41. The first-order valence-corrected chi connectivity index (χ1v) is 11.5. The maximum atomic E-state index is 13.5. The fraction of sp³-hybridized carbons (Fsp3) is 0.385. The number of likely N-dealkylation sites (tertiary alicyclic amines) is 1. The van der Waals surface area contributed by atoms with Gasteiger partial charge in [0.15, 0.2) is 0 Å². The molecular weight excluding hydrogens is 455 g/mol. The summed E-state index contributed by atoms with van der Waals surface area (Å²) in [5.41, 5.74) is 0.685. The van der Waals surface area contributed by atoms with E-state index in [1.165, 1.54) is 43.4 Å². The Hall–Kier alpha value is -3.43. The number of hydrogen-bond donors (Lipinski definition) is 1. The van der Waals surface area contributed by atoms with Gasteiger partial charge in [0, 0.05) is 37.3 Å². The van der Waals surface area contributed by atoms with Gasteiger partial charge in [-0.2, -0.15) is 0 Å². The van der Waals surface area contributed by atoms with E-state index in [0.717, 1.165) is 19.6 Å². The number of ether oxygens (including phenoxy) is 3. The molecule has 0 radical (unpaired) electrons. The van der Waals surface area contributed by atoms with Crippen LogP contribution >= 0.6 is 0 Å². The van der Waals surface area contributed by atoms with Gasteiger partial charge < -0.3 is 24.2 Å². The molecule has 186 valence electrons. The van der Waals surface area contributed by atoms with E-state index < -0.39 is 23.5 Å². The molecular formula is C26H29FN2O6. The maximum absolute atomic E-state index is 13.5. The van der Waals surface area contributed by atoms with Crippen LogP contribution in [-0.4, -0.2) is 80.2 Å². The lowest BCUT2D eigenvalue weighted by Gasteiger charge is -2.29. The molecule has 1 amide bonds. The van der Waals surface area contributed by atoms with Crippen molar-refractivity contribution >= 4 is 17.4 Å². The molecule has 4 rings (SSSR count). The van der Waals surface area contributed by atoms with Gasteiger partial charge >= 0.3 is 0 Å². The molecule has 8 nitrogen and oxygen atoms in total. The third kappa shape index (κ3) is 5.16. The largest absolute Gasteiger partial charge is 0.507 e. The fourth-order valence-electron chi connectivity index (χ4n) is 4.54. The minimum Gasteiger partial charge on any atom is -0.507 e. The van der Waals surface area contributed by atoms with E-state index in [1.807, 2.05) is 0 Å². The first kappa shape index (κ1) is 24.7. The van der Waals surface area contributed by atoms with Gasteiger partial charge in [0.1, 0.15) is 23.1 Å². The van der Waals surface area contributed by atoms with Gasteiger partial charge in [-0.1, -0.05) is 0 Å². The summed E-state index contributed by atoms with van der Waals surface area (Å²) in [4.78, 5) is 30.1. The number of carbonyl (C=O) groups excluding carboxylic acids is 2. The van der Waals surface area contributed by atoms with Crippen molar-refractivity contribution in [2.45, 2.75) is 12.5 Å². The molecule has 1 atom stereocenters. The lowest BCUT2D eigenvalue weighted by atomic mass is 9.94. The van der Waals surface area contributed by atoms with E-state index in [-0.39, 0.29) is 16.9 Å². The standard InChI is InChI=1S/C26H29FN2O6/c1-33-19-8-9-21(34-2)20(16-19)23-22(24(30)17-4-6-18(27)7-5-17)25(31)26(32)29(23)11-3-10-28-12-14-35-15-13-28/h4-9,16,23,30H,3,10-15H2,1-2H3/t23-/m0/s1. The number of morpholine rings is 1. The van der Waals surface area contributed by atoms with Crippen molar-refractivity contribution in [1.82, 2.24) is 9.80 Å². The van der Waals surface area contributed by atoms with Gasteiger partial charge in [0.05, 0.1) is 39.0 Å². The highest BCUT2D eigenvalue weighted by atomic mass is 19.1. The smallest absolute Gasteiger partial charge is 0.295 e. The van der Waals surface area contributed by atoms with Gasteiger partial charge in [0.25, 0.3) is 11.7 Å². The summed E-state index contributed by atoms with van der Waals surface area (Å²) >= 11 is 0. The van der Waals surface area contributed by atoms with Crippen LogP contribution in [0.25, 0.3) is 5.76 Å². The number of nitrogens with zero attached hydrogens (tertiary/aromatic N) is 2. The van der Waals surface area contributed by atoms with Crippen molar-refractivity contribution in [2.75, 3.05) is 53.6 Å². The van der Waals surface area contributed by atoms with Crippen LogP contribution in [0.15, 0.2) is 48.0 Å². The van der Waals surface area contributed by atoms with Gasteiger partial charge in [-0.3, -0.25) is 14.5 Å². The Kier molecular flexibility index (Phi) is 7.67. The quantitative estimate of drug-likeness (QED) is 0.350. The minimum absolute atomic E-state index is 0.0699. The van der Waals surface area contributed by atoms with Crippen molar-refractivity contribution in [3.8, 4) is 11.5 Å². The highest BCUT2D eigenvalue weighted by molar-refractivity contribution is 6.46. The number of carbonyl (C=O) groups is 2. The summed E-state index contributed by atoms with van der Waals surface area (Å²) < 4.78 is 29.8. The molecule has 0 aromatic heterocycles. The van der Waals surface area contributed by atoms with Crippen LogP contribution in [0.4, 0.5) is 4.39 Å². The molecule has 0 bridgehead atoms. The van der Waals surface area contributed by atoms with Crippen LogP contribution in [0.1, 0.15) is 23.6 Å². The molecule has 0 unspecified atom stereocenters. The van der Waals surface area contributed by atoms with Crippen LogP contribution in [-0.2, 0) is 14.3 Å². The Balaban J connectivity index is 1.75. The van der Waals surface area contributed by atoms with Crippen molar-refractivity contribution < 1.29 is 33.3 Å². The Morgan fingerprint density at radius 2 is 1.77 bits per heavy atom. The zero-order valence-electron chi connectivity index (χ0n) is 19.8. The molecule has 2 saturated heterocycles. The molecule has 2 fully saturated rings. The van der Waals surface area contributed by atoms with E-state index in [1.54, 1.807) is 18.2 Å². The lowest BCUT2D eigenvalue weighted by molar-refractivity contribution is -0.140. The van der Waals surface area contributed by atoms with Crippen molar-refractivity contribution in [3.05, 3.63) is 65.0 Å². The first-order chi connectivity index (χ1) is 16.9. The number of ketones is 1. The average molecular weight is 485 g/mol. The SMILES string of the molecule is COc1ccc(OC)c([C@H]2C(=C(O)c3ccc(F)cc3)C(=O)C(=O)N2CCCN2CCOCC2)c1. The number of Topliss-reactive ketones (excluding diaryl/α,β-unsaturated/α-hetero) is 1. The number of methoxy groups -OCH3 is 2. The van der Waals surface area contributed by atoms with E-state index >= 15 is 0 Å². The van der Waals surface area contributed by atoms with Gasteiger partial charge in [0.2, 0.25) is 0 Å². The summed E-state index contributed by atoms with van der Waals surface area (Å²) in [6.07, 6.45) is 0.631. The predicted octanol–water partition coefficient (Wildman–Crippen LogP) is 2.99. The summed E-state index contributed by atoms with van der Waals surface area (Å²) in [6.45, 7) is 4.01. The average Bonchev–Trinajstić information content (AvgIpc) is 3.14. The summed E-state index contributed by atoms with van der Waals surface area (Å²) in [7, 11) is 3.01. The summed E-state index contributed by atoms with van der Waals surface area (Å²) in [5, 5.41) is 11.1. The Morgan fingerprint density at radius 3 is 2.43 bits per heavy atom. The molecule has 2 aliphatic heterocycles.